The fraction of sp³-hybridized carbons (Fsp3) is 0.636. The molecule has 0 spiro atoms. The molecule has 108 valence electrons. The molecule has 0 aliphatic carbocycles. The van der Waals surface area contributed by atoms with Gasteiger partial charge in [0.2, 0.25) is 0 Å². The van der Waals surface area contributed by atoms with Gasteiger partial charge in [-0.05, 0) is 6.42 Å². The highest BCUT2D eigenvalue weighted by atomic mass is 19.4. The number of carboxylic acid groups (broad SMARTS) is 1. The van der Waals surface area contributed by atoms with Crippen molar-refractivity contribution in [2.75, 3.05) is 26.3 Å². The van der Waals surface area contributed by atoms with Crippen LogP contribution in [0.5, 0.6) is 0 Å². The van der Waals surface area contributed by atoms with Crippen molar-refractivity contribution < 1.29 is 32.6 Å². The Morgan fingerprint density at radius 2 is 2.11 bits per heavy atom. The fourth-order valence-corrected chi connectivity index (χ4v) is 1.92. The van der Waals surface area contributed by atoms with Crippen LogP contribution in [0.4, 0.5) is 13.2 Å². The first-order chi connectivity index (χ1) is 8.73. The maximum absolute atomic E-state index is 12.3. The summed E-state index contributed by atoms with van der Waals surface area (Å²) in [7, 11) is 0. The SMILES string of the molecule is C=CCOCC1(C(=O)O)CCN(C(=O)C(F)(F)F)C1. The molecule has 1 heterocycles. The number of nitrogens with zero attached hydrogens (tertiary/aromatic N) is 1. The summed E-state index contributed by atoms with van der Waals surface area (Å²) in [6.07, 6.45) is -3.65. The van der Waals surface area contributed by atoms with Gasteiger partial charge in [0.05, 0.1) is 13.2 Å². The third-order valence-corrected chi connectivity index (χ3v) is 2.95. The Morgan fingerprint density at radius 1 is 1.47 bits per heavy atom. The number of amides is 1. The van der Waals surface area contributed by atoms with Gasteiger partial charge in [0.1, 0.15) is 5.41 Å². The van der Waals surface area contributed by atoms with Crippen molar-refractivity contribution in [1.82, 2.24) is 4.90 Å². The van der Waals surface area contributed by atoms with Crippen molar-refractivity contribution in [3.05, 3.63) is 12.7 Å². The van der Waals surface area contributed by atoms with Crippen LogP contribution in [-0.2, 0) is 14.3 Å². The minimum atomic E-state index is -4.99. The summed E-state index contributed by atoms with van der Waals surface area (Å²) in [4.78, 5) is 22.8. The van der Waals surface area contributed by atoms with Gasteiger partial charge in [-0.25, -0.2) is 0 Å². The lowest BCUT2D eigenvalue weighted by atomic mass is 9.88. The maximum Gasteiger partial charge on any atom is 0.471 e. The van der Waals surface area contributed by atoms with E-state index in [1.165, 1.54) is 6.08 Å². The summed E-state index contributed by atoms with van der Waals surface area (Å²) in [5, 5.41) is 9.14. The van der Waals surface area contributed by atoms with E-state index in [0.717, 1.165) is 0 Å². The number of alkyl halides is 3. The van der Waals surface area contributed by atoms with E-state index in [2.05, 4.69) is 6.58 Å². The van der Waals surface area contributed by atoms with E-state index in [4.69, 9.17) is 9.84 Å². The lowest BCUT2D eigenvalue weighted by Crippen LogP contribution is -2.44. The first-order valence-corrected chi connectivity index (χ1v) is 5.51. The highest BCUT2D eigenvalue weighted by Gasteiger charge is 2.51. The normalized spacial score (nSPS) is 23.4. The number of carbonyl (C=O) groups excluding carboxylic acids is 1. The Bertz CT molecular complexity index is 383. The second-order valence-electron chi connectivity index (χ2n) is 4.36. The Balaban J connectivity index is 2.75. The van der Waals surface area contributed by atoms with Crippen molar-refractivity contribution in [2.24, 2.45) is 5.41 Å². The average Bonchev–Trinajstić information content (AvgIpc) is 2.73. The molecule has 1 saturated heterocycles. The van der Waals surface area contributed by atoms with Crippen LogP contribution >= 0.6 is 0 Å². The monoisotopic (exact) mass is 281 g/mol. The van der Waals surface area contributed by atoms with Gasteiger partial charge < -0.3 is 14.7 Å². The van der Waals surface area contributed by atoms with Crippen LogP contribution in [0.25, 0.3) is 0 Å². The van der Waals surface area contributed by atoms with Crippen LogP contribution in [0.2, 0.25) is 0 Å². The minimum Gasteiger partial charge on any atom is -0.481 e. The number of carbonyl (C=O) groups is 2. The molecule has 0 saturated carbocycles. The largest absolute Gasteiger partial charge is 0.481 e. The van der Waals surface area contributed by atoms with E-state index in [0.29, 0.717) is 4.90 Å². The van der Waals surface area contributed by atoms with Crippen molar-refractivity contribution in [1.29, 1.82) is 0 Å². The van der Waals surface area contributed by atoms with E-state index < -0.39 is 30.0 Å². The number of ether oxygens (including phenoxy) is 1. The van der Waals surface area contributed by atoms with Crippen LogP contribution in [0.1, 0.15) is 6.42 Å². The van der Waals surface area contributed by atoms with Gasteiger partial charge in [-0.3, -0.25) is 9.59 Å². The summed E-state index contributed by atoms with van der Waals surface area (Å²) in [5.74, 6) is -3.28. The fourth-order valence-electron chi connectivity index (χ4n) is 1.92. The smallest absolute Gasteiger partial charge is 0.471 e. The predicted molar refractivity (Wildman–Crippen MR) is 58.3 cm³/mol. The summed E-state index contributed by atoms with van der Waals surface area (Å²) in [6, 6.07) is 0. The molecule has 1 rings (SSSR count). The Hall–Kier alpha value is -1.57. The molecular formula is C11H14F3NO4. The minimum absolute atomic E-state index is 0.0682. The first kappa shape index (κ1) is 15.5. The standard InChI is InChI=1S/C11H14F3NO4/c1-2-5-19-7-10(9(17)18)3-4-15(6-10)8(16)11(12,13)14/h2H,1,3-7H2,(H,17,18). The van der Waals surface area contributed by atoms with E-state index >= 15 is 0 Å². The van der Waals surface area contributed by atoms with Gasteiger partial charge in [-0.1, -0.05) is 6.08 Å². The Labute approximate surface area is 107 Å². The van der Waals surface area contributed by atoms with Crippen molar-refractivity contribution in [3.8, 4) is 0 Å². The highest BCUT2D eigenvalue weighted by Crippen LogP contribution is 2.33. The zero-order chi connectivity index (χ0) is 14.7. The maximum atomic E-state index is 12.3. The number of likely N-dealkylation sites (tertiary alicyclic amines) is 1. The number of halogens is 3. The third-order valence-electron chi connectivity index (χ3n) is 2.95. The highest BCUT2D eigenvalue weighted by molar-refractivity contribution is 5.84. The van der Waals surface area contributed by atoms with Crippen molar-refractivity contribution >= 4 is 11.9 Å². The van der Waals surface area contributed by atoms with Crippen molar-refractivity contribution in [3.63, 3.8) is 0 Å². The lowest BCUT2D eigenvalue weighted by Gasteiger charge is -2.24. The number of aliphatic carboxylic acids is 1. The molecule has 0 aromatic heterocycles. The third kappa shape index (κ3) is 3.46. The van der Waals surface area contributed by atoms with Gasteiger partial charge in [0.25, 0.3) is 0 Å². The quantitative estimate of drug-likeness (QED) is 0.604. The second kappa shape index (κ2) is 5.60. The van der Waals surface area contributed by atoms with Crippen LogP contribution in [0, 0.1) is 5.41 Å². The Morgan fingerprint density at radius 3 is 2.58 bits per heavy atom. The zero-order valence-corrected chi connectivity index (χ0v) is 10.1. The molecule has 1 fully saturated rings. The lowest BCUT2D eigenvalue weighted by molar-refractivity contribution is -0.185. The van der Waals surface area contributed by atoms with Crippen LogP contribution in [0.15, 0.2) is 12.7 Å². The molecule has 5 nitrogen and oxygen atoms in total. The summed E-state index contributed by atoms with van der Waals surface area (Å²) in [6.45, 7) is 2.48. The zero-order valence-electron chi connectivity index (χ0n) is 10.1. The molecular weight excluding hydrogens is 267 g/mol. The van der Waals surface area contributed by atoms with Gasteiger partial charge in [0, 0.05) is 13.1 Å². The molecule has 8 heteroatoms. The molecule has 1 aliphatic rings. The molecule has 0 aromatic rings. The second-order valence-corrected chi connectivity index (χ2v) is 4.36. The molecule has 1 amide bonds. The number of carboxylic acids is 1. The number of hydrogen-bond donors (Lipinski definition) is 1. The van der Waals surface area contributed by atoms with Crippen LogP contribution in [-0.4, -0.2) is 54.4 Å². The number of rotatable bonds is 5. The molecule has 19 heavy (non-hydrogen) atoms. The molecule has 0 bridgehead atoms. The molecule has 1 atom stereocenters. The van der Waals surface area contributed by atoms with Gasteiger partial charge in [-0.2, -0.15) is 13.2 Å². The molecule has 0 radical (unpaired) electrons. The van der Waals surface area contributed by atoms with Gasteiger partial charge in [-0.15, -0.1) is 6.58 Å². The average molecular weight is 281 g/mol. The Kier molecular flexibility index (Phi) is 4.56. The molecule has 0 aromatic carbocycles. The summed E-state index contributed by atoms with van der Waals surface area (Å²) >= 11 is 0. The molecule has 1 aliphatic heterocycles. The summed E-state index contributed by atoms with van der Waals surface area (Å²) in [5.41, 5.74) is -1.48. The molecule has 1 unspecified atom stereocenters. The van der Waals surface area contributed by atoms with Crippen LogP contribution < -0.4 is 0 Å². The van der Waals surface area contributed by atoms with E-state index in [1.54, 1.807) is 0 Å². The number of hydrogen-bond acceptors (Lipinski definition) is 3. The first-order valence-electron chi connectivity index (χ1n) is 5.51. The van der Waals surface area contributed by atoms with E-state index in [9.17, 15) is 22.8 Å². The predicted octanol–water partition coefficient (Wildman–Crippen LogP) is 1.05. The van der Waals surface area contributed by atoms with Crippen molar-refractivity contribution in [2.45, 2.75) is 12.6 Å². The summed E-state index contributed by atoms with van der Waals surface area (Å²) < 4.78 is 41.9. The van der Waals surface area contributed by atoms with Gasteiger partial charge >= 0.3 is 18.1 Å². The van der Waals surface area contributed by atoms with Crippen LogP contribution in [0.3, 0.4) is 0 Å². The topological polar surface area (TPSA) is 66.8 Å². The van der Waals surface area contributed by atoms with E-state index in [-0.39, 0.29) is 26.2 Å². The van der Waals surface area contributed by atoms with E-state index in [1.807, 2.05) is 0 Å². The van der Waals surface area contributed by atoms with Gasteiger partial charge in [0.15, 0.2) is 0 Å². The molecule has 1 N–H and O–H groups in total.